The van der Waals surface area contributed by atoms with Crippen LogP contribution < -0.4 is 0 Å². The van der Waals surface area contributed by atoms with Crippen LogP contribution in [0, 0.1) is 0 Å². The molecule has 1 rings (SSSR count). The van der Waals surface area contributed by atoms with Crippen LogP contribution in [0.25, 0.3) is 0 Å². The highest BCUT2D eigenvalue weighted by Gasteiger charge is 2.23. The van der Waals surface area contributed by atoms with Crippen LogP contribution in [0.2, 0.25) is 0 Å². The van der Waals surface area contributed by atoms with Gasteiger partial charge in [-0.2, -0.15) is 0 Å². The van der Waals surface area contributed by atoms with Crippen molar-refractivity contribution in [1.29, 1.82) is 0 Å². The van der Waals surface area contributed by atoms with Gasteiger partial charge in [-0.25, -0.2) is 14.4 Å². The molecule has 0 aromatic heterocycles. The lowest BCUT2D eigenvalue weighted by molar-refractivity contribution is 0.0494. The quantitative estimate of drug-likeness (QED) is 0.572. The molecule has 0 heterocycles. The summed E-state index contributed by atoms with van der Waals surface area (Å²) in [5.41, 5.74) is -0.810. The first-order valence-electron chi connectivity index (χ1n) is 5.27. The molecule has 0 saturated carbocycles. The fourth-order valence-electron chi connectivity index (χ4n) is 1.30. The molecule has 1 aromatic carbocycles. The van der Waals surface area contributed by atoms with Gasteiger partial charge in [0.2, 0.25) is 0 Å². The maximum absolute atomic E-state index is 11.9. The standard InChI is InChI=1S/C12H10Br2O6/c1-12(13,14)5-20-11(19)8-4-6(9(15)16)2-3-7(8)10(17)18/h2-4H,5H2,1H3,(H,15,16)(H,17,18). The zero-order chi connectivity index (χ0) is 15.5. The molecule has 2 N–H and O–H groups in total. The van der Waals surface area contributed by atoms with E-state index in [1.807, 2.05) is 0 Å². The van der Waals surface area contributed by atoms with Gasteiger partial charge >= 0.3 is 17.9 Å². The smallest absolute Gasteiger partial charge is 0.339 e. The van der Waals surface area contributed by atoms with Gasteiger partial charge < -0.3 is 14.9 Å². The van der Waals surface area contributed by atoms with Gasteiger partial charge in [-0.05, 0) is 25.1 Å². The van der Waals surface area contributed by atoms with Gasteiger partial charge in [0.1, 0.15) is 9.84 Å². The number of halogens is 2. The van der Waals surface area contributed by atoms with Crippen LogP contribution in [-0.4, -0.2) is 38.0 Å². The van der Waals surface area contributed by atoms with Crippen LogP contribution in [0.15, 0.2) is 18.2 Å². The summed E-state index contributed by atoms with van der Waals surface area (Å²) in [5, 5.41) is 17.9. The number of carbonyl (C=O) groups excluding carboxylic acids is 1. The second-order valence-electron chi connectivity index (χ2n) is 4.02. The summed E-state index contributed by atoms with van der Waals surface area (Å²) in [4.78, 5) is 33.8. The van der Waals surface area contributed by atoms with Gasteiger partial charge in [-0.1, -0.05) is 31.9 Å². The number of esters is 1. The second-order valence-corrected chi connectivity index (χ2v) is 8.58. The number of benzene rings is 1. The maximum atomic E-state index is 11.9. The zero-order valence-electron chi connectivity index (χ0n) is 10.2. The van der Waals surface area contributed by atoms with Gasteiger partial charge in [0.15, 0.2) is 0 Å². The molecule has 0 aliphatic carbocycles. The molecule has 20 heavy (non-hydrogen) atoms. The van der Waals surface area contributed by atoms with Crippen molar-refractivity contribution in [3.05, 3.63) is 34.9 Å². The van der Waals surface area contributed by atoms with Crippen LogP contribution in [0.3, 0.4) is 0 Å². The Balaban J connectivity index is 3.12. The van der Waals surface area contributed by atoms with Crippen molar-refractivity contribution in [3.8, 4) is 0 Å². The zero-order valence-corrected chi connectivity index (χ0v) is 13.4. The summed E-state index contributed by atoms with van der Waals surface area (Å²) in [6.07, 6.45) is 0. The second kappa shape index (κ2) is 6.36. The fraction of sp³-hybridized carbons (Fsp3) is 0.250. The number of carboxylic acid groups (broad SMARTS) is 2. The van der Waals surface area contributed by atoms with Crippen LogP contribution in [0.5, 0.6) is 0 Å². The normalized spacial score (nSPS) is 10.9. The van der Waals surface area contributed by atoms with Crippen molar-refractivity contribution < 1.29 is 29.3 Å². The number of ether oxygens (including phenoxy) is 1. The molecule has 0 aliphatic heterocycles. The number of carbonyl (C=O) groups is 3. The summed E-state index contributed by atoms with van der Waals surface area (Å²) < 4.78 is 4.28. The van der Waals surface area contributed by atoms with E-state index in [2.05, 4.69) is 31.9 Å². The van der Waals surface area contributed by atoms with E-state index in [1.54, 1.807) is 6.92 Å². The lowest BCUT2D eigenvalue weighted by Gasteiger charge is -2.15. The number of aromatic carboxylic acids is 2. The Kier molecular flexibility index (Phi) is 5.29. The van der Waals surface area contributed by atoms with E-state index in [0.29, 0.717) is 0 Å². The van der Waals surface area contributed by atoms with E-state index in [1.165, 1.54) is 0 Å². The molecule has 1 aromatic rings. The van der Waals surface area contributed by atoms with Crippen LogP contribution in [-0.2, 0) is 4.74 Å². The monoisotopic (exact) mass is 408 g/mol. The van der Waals surface area contributed by atoms with E-state index in [0.717, 1.165) is 18.2 Å². The Hall–Kier alpha value is -1.41. The van der Waals surface area contributed by atoms with Gasteiger partial charge in [0.05, 0.1) is 16.7 Å². The Morgan fingerprint density at radius 1 is 1.15 bits per heavy atom. The third-order valence-corrected chi connectivity index (χ3v) is 2.63. The summed E-state index contributed by atoms with van der Waals surface area (Å²) in [6, 6.07) is 3.15. The molecule has 0 atom stereocenters. The molecule has 0 aliphatic rings. The van der Waals surface area contributed by atoms with Crippen molar-refractivity contribution >= 4 is 49.8 Å². The molecule has 8 heteroatoms. The highest BCUT2D eigenvalue weighted by molar-refractivity contribution is 9.25. The SMILES string of the molecule is CC(Br)(Br)COC(=O)c1cc(C(=O)O)ccc1C(=O)O. The number of hydrogen-bond acceptors (Lipinski definition) is 4. The summed E-state index contributed by atoms with van der Waals surface area (Å²) >= 11 is 6.39. The highest BCUT2D eigenvalue weighted by atomic mass is 79.9. The molecule has 0 bridgehead atoms. The van der Waals surface area contributed by atoms with Gasteiger partial charge in [-0.15, -0.1) is 0 Å². The molecular formula is C12H10Br2O6. The Bertz CT molecular complexity index is 562. The predicted molar refractivity (Wildman–Crippen MR) is 76.9 cm³/mol. The average Bonchev–Trinajstić information content (AvgIpc) is 2.34. The number of carboxylic acids is 2. The van der Waals surface area contributed by atoms with Crippen LogP contribution >= 0.6 is 31.9 Å². The first-order chi connectivity index (χ1) is 9.11. The molecule has 0 radical (unpaired) electrons. The van der Waals surface area contributed by atoms with E-state index >= 15 is 0 Å². The lowest BCUT2D eigenvalue weighted by atomic mass is 10.0. The molecule has 0 fully saturated rings. The van der Waals surface area contributed by atoms with Crippen LogP contribution in [0.1, 0.15) is 38.0 Å². The minimum Gasteiger partial charge on any atom is -0.478 e. The first-order valence-corrected chi connectivity index (χ1v) is 6.86. The largest absolute Gasteiger partial charge is 0.478 e. The number of hydrogen-bond donors (Lipinski definition) is 2. The molecule has 0 saturated heterocycles. The summed E-state index contributed by atoms with van der Waals surface area (Å²) in [5.74, 6) is -3.51. The lowest BCUT2D eigenvalue weighted by Crippen LogP contribution is -2.20. The van der Waals surface area contributed by atoms with Crippen molar-refractivity contribution in [1.82, 2.24) is 0 Å². The Morgan fingerprint density at radius 2 is 1.75 bits per heavy atom. The van der Waals surface area contributed by atoms with Crippen molar-refractivity contribution in [2.45, 2.75) is 10.2 Å². The van der Waals surface area contributed by atoms with Crippen LogP contribution in [0.4, 0.5) is 0 Å². The first kappa shape index (κ1) is 16.6. The average molecular weight is 410 g/mol. The molecule has 0 amide bonds. The van der Waals surface area contributed by atoms with Gasteiger partial charge in [-0.3, -0.25) is 0 Å². The van der Waals surface area contributed by atoms with Crippen molar-refractivity contribution in [2.24, 2.45) is 0 Å². The summed E-state index contributed by atoms with van der Waals surface area (Å²) in [7, 11) is 0. The van der Waals surface area contributed by atoms with E-state index in [9.17, 15) is 14.4 Å². The van der Waals surface area contributed by atoms with E-state index < -0.39 is 21.1 Å². The topological polar surface area (TPSA) is 101 Å². The van der Waals surface area contributed by atoms with E-state index in [4.69, 9.17) is 14.9 Å². The Labute approximate surface area is 131 Å². The van der Waals surface area contributed by atoms with E-state index in [-0.39, 0.29) is 23.3 Å². The fourth-order valence-corrected chi connectivity index (χ4v) is 1.53. The molecular weight excluding hydrogens is 400 g/mol. The molecule has 0 spiro atoms. The molecule has 0 unspecified atom stereocenters. The van der Waals surface area contributed by atoms with Crippen molar-refractivity contribution in [2.75, 3.05) is 6.61 Å². The number of alkyl halides is 2. The van der Waals surface area contributed by atoms with Gasteiger partial charge in [0.25, 0.3) is 0 Å². The summed E-state index contributed by atoms with van der Waals surface area (Å²) in [6.45, 7) is 1.62. The number of rotatable bonds is 5. The van der Waals surface area contributed by atoms with Crippen molar-refractivity contribution in [3.63, 3.8) is 0 Å². The minimum absolute atomic E-state index is 0.0673. The third-order valence-electron chi connectivity index (χ3n) is 2.17. The minimum atomic E-state index is -1.34. The van der Waals surface area contributed by atoms with Gasteiger partial charge in [0, 0.05) is 0 Å². The molecule has 6 nitrogen and oxygen atoms in total. The third kappa shape index (κ3) is 4.61. The Morgan fingerprint density at radius 3 is 2.20 bits per heavy atom. The maximum Gasteiger partial charge on any atom is 0.339 e. The molecule has 108 valence electrons. The highest BCUT2D eigenvalue weighted by Crippen LogP contribution is 2.26. The predicted octanol–water partition coefficient (Wildman–Crippen LogP) is 2.75.